The van der Waals surface area contributed by atoms with Crippen molar-refractivity contribution >= 4 is 23.2 Å². The van der Waals surface area contributed by atoms with Crippen molar-refractivity contribution in [3.63, 3.8) is 0 Å². The molecule has 1 aliphatic rings. The number of nitrogens with one attached hydrogen (secondary N) is 1. The Bertz CT molecular complexity index is 744. The van der Waals surface area contributed by atoms with Crippen molar-refractivity contribution < 1.29 is 14.3 Å². The SMILES string of the molecule is CCN(C(=O)COc1ccc2c(c1)CCC(=O)N2)c1ccccc1. The molecular weight excluding hydrogens is 304 g/mol. The van der Waals surface area contributed by atoms with E-state index in [0.29, 0.717) is 25.1 Å². The molecule has 2 amide bonds. The second-order valence-corrected chi connectivity index (χ2v) is 5.63. The van der Waals surface area contributed by atoms with E-state index in [9.17, 15) is 9.59 Å². The summed E-state index contributed by atoms with van der Waals surface area (Å²) in [6, 6.07) is 15.0. The summed E-state index contributed by atoms with van der Waals surface area (Å²) < 4.78 is 5.66. The molecule has 0 aromatic heterocycles. The van der Waals surface area contributed by atoms with Gasteiger partial charge in [0.1, 0.15) is 5.75 Å². The summed E-state index contributed by atoms with van der Waals surface area (Å²) in [4.78, 5) is 25.5. The summed E-state index contributed by atoms with van der Waals surface area (Å²) in [5.74, 6) is 0.588. The highest BCUT2D eigenvalue weighted by atomic mass is 16.5. The zero-order chi connectivity index (χ0) is 16.9. The summed E-state index contributed by atoms with van der Waals surface area (Å²) in [7, 11) is 0. The third kappa shape index (κ3) is 3.56. The maximum Gasteiger partial charge on any atom is 0.264 e. The number of fused-ring (bicyclic) bond motifs is 1. The van der Waals surface area contributed by atoms with Crippen molar-refractivity contribution in [2.45, 2.75) is 19.8 Å². The van der Waals surface area contributed by atoms with E-state index in [1.807, 2.05) is 49.4 Å². The largest absolute Gasteiger partial charge is 0.484 e. The lowest BCUT2D eigenvalue weighted by Gasteiger charge is -2.21. The first kappa shape index (κ1) is 16.1. The first-order valence-electron chi connectivity index (χ1n) is 8.08. The van der Waals surface area contributed by atoms with Gasteiger partial charge in [-0.15, -0.1) is 0 Å². The Hall–Kier alpha value is -2.82. The van der Waals surface area contributed by atoms with Crippen LogP contribution >= 0.6 is 0 Å². The monoisotopic (exact) mass is 324 g/mol. The van der Waals surface area contributed by atoms with E-state index < -0.39 is 0 Å². The van der Waals surface area contributed by atoms with Crippen molar-refractivity contribution in [3.8, 4) is 5.75 Å². The van der Waals surface area contributed by atoms with Gasteiger partial charge in [-0.05, 0) is 49.2 Å². The predicted molar refractivity (Wildman–Crippen MR) is 93.4 cm³/mol. The van der Waals surface area contributed by atoms with E-state index in [1.54, 1.807) is 11.0 Å². The van der Waals surface area contributed by atoms with Crippen LogP contribution in [0, 0.1) is 0 Å². The molecule has 2 aromatic carbocycles. The first-order chi connectivity index (χ1) is 11.7. The number of hydrogen-bond donors (Lipinski definition) is 1. The van der Waals surface area contributed by atoms with Gasteiger partial charge in [-0.3, -0.25) is 9.59 Å². The lowest BCUT2D eigenvalue weighted by molar-refractivity contribution is -0.120. The molecule has 5 nitrogen and oxygen atoms in total. The summed E-state index contributed by atoms with van der Waals surface area (Å²) in [6.45, 7) is 2.50. The maximum atomic E-state index is 12.4. The summed E-state index contributed by atoms with van der Waals surface area (Å²) in [5, 5.41) is 2.83. The molecule has 3 rings (SSSR count). The Balaban J connectivity index is 1.65. The molecule has 0 aliphatic carbocycles. The van der Waals surface area contributed by atoms with E-state index in [4.69, 9.17) is 4.74 Å². The molecule has 0 saturated carbocycles. The fourth-order valence-corrected chi connectivity index (χ4v) is 2.78. The Labute approximate surface area is 141 Å². The van der Waals surface area contributed by atoms with E-state index in [0.717, 1.165) is 16.9 Å². The quantitative estimate of drug-likeness (QED) is 0.920. The summed E-state index contributed by atoms with van der Waals surface area (Å²) in [5.41, 5.74) is 2.72. The molecule has 1 aliphatic heterocycles. The van der Waals surface area contributed by atoms with Gasteiger partial charge in [0.25, 0.3) is 5.91 Å². The predicted octanol–water partition coefficient (Wildman–Crippen LogP) is 3.00. The second-order valence-electron chi connectivity index (χ2n) is 5.63. The molecule has 0 unspecified atom stereocenters. The topological polar surface area (TPSA) is 58.6 Å². The molecule has 5 heteroatoms. The van der Waals surface area contributed by atoms with Crippen LogP contribution in [0.4, 0.5) is 11.4 Å². The average molecular weight is 324 g/mol. The van der Waals surface area contributed by atoms with Gasteiger partial charge in [0, 0.05) is 24.3 Å². The minimum Gasteiger partial charge on any atom is -0.484 e. The van der Waals surface area contributed by atoms with Gasteiger partial charge >= 0.3 is 0 Å². The Morgan fingerprint density at radius 1 is 1.17 bits per heavy atom. The molecule has 0 atom stereocenters. The highest BCUT2D eigenvalue weighted by molar-refractivity contribution is 5.95. The van der Waals surface area contributed by atoms with Crippen LogP contribution in [0.3, 0.4) is 0 Å². The van der Waals surface area contributed by atoms with Gasteiger partial charge in [-0.25, -0.2) is 0 Å². The number of anilines is 2. The number of para-hydroxylation sites is 1. The standard InChI is InChI=1S/C19H20N2O3/c1-2-21(15-6-4-3-5-7-15)19(23)13-24-16-9-10-17-14(12-16)8-11-18(22)20-17/h3-7,9-10,12H,2,8,11,13H2,1H3,(H,20,22). The van der Waals surface area contributed by atoms with Crippen LogP contribution in [0.5, 0.6) is 5.75 Å². The number of likely N-dealkylation sites (N-methyl/N-ethyl adjacent to an activating group) is 1. The van der Waals surface area contributed by atoms with Crippen LogP contribution in [0.15, 0.2) is 48.5 Å². The molecule has 1 N–H and O–H groups in total. The van der Waals surface area contributed by atoms with Crippen LogP contribution in [0.1, 0.15) is 18.9 Å². The number of amides is 2. The summed E-state index contributed by atoms with van der Waals surface area (Å²) in [6.07, 6.45) is 1.17. The van der Waals surface area contributed by atoms with E-state index in [-0.39, 0.29) is 18.4 Å². The Kier molecular flexibility index (Phi) is 4.79. The van der Waals surface area contributed by atoms with Crippen LogP contribution in [0.2, 0.25) is 0 Å². The van der Waals surface area contributed by atoms with Gasteiger partial charge in [-0.2, -0.15) is 0 Å². The molecule has 0 spiro atoms. The first-order valence-corrected chi connectivity index (χ1v) is 8.08. The van der Waals surface area contributed by atoms with Crippen LogP contribution < -0.4 is 15.0 Å². The molecule has 0 bridgehead atoms. The average Bonchev–Trinajstić information content (AvgIpc) is 2.61. The number of aryl methyl sites for hydroxylation is 1. The lowest BCUT2D eigenvalue weighted by Crippen LogP contribution is -2.34. The number of carbonyl (C=O) groups is 2. The summed E-state index contributed by atoms with van der Waals surface area (Å²) >= 11 is 0. The third-order valence-corrected chi connectivity index (χ3v) is 4.02. The molecular formula is C19H20N2O3. The zero-order valence-electron chi connectivity index (χ0n) is 13.6. The molecule has 2 aromatic rings. The van der Waals surface area contributed by atoms with E-state index in [1.165, 1.54) is 0 Å². The Morgan fingerprint density at radius 2 is 1.96 bits per heavy atom. The molecule has 0 saturated heterocycles. The minimum atomic E-state index is -0.0882. The fraction of sp³-hybridized carbons (Fsp3) is 0.263. The van der Waals surface area contributed by atoms with Gasteiger partial charge in [-0.1, -0.05) is 18.2 Å². The number of ether oxygens (including phenoxy) is 1. The smallest absolute Gasteiger partial charge is 0.264 e. The molecule has 124 valence electrons. The molecule has 1 heterocycles. The third-order valence-electron chi connectivity index (χ3n) is 4.02. The van der Waals surface area contributed by atoms with E-state index in [2.05, 4.69) is 5.32 Å². The maximum absolute atomic E-state index is 12.4. The highest BCUT2D eigenvalue weighted by Crippen LogP contribution is 2.26. The second kappa shape index (κ2) is 7.17. The zero-order valence-corrected chi connectivity index (χ0v) is 13.6. The molecule has 0 radical (unpaired) electrons. The van der Waals surface area contributed by atoms with Crippen molar-refractivity contribution in [3.05, 3.63) is 54.1 Å². The van der Waals surface area contributed by atoms with Gasteiger partial charge in [0.15, 0.2) is 6.61 Å². The van der Waals surface area contributed by atoms with Crippen LogP contribution in [0.25, 0.3) is 0 Å². The van der Waals surface area contributed by atoms with Crippen LogP contribution in [-0.4, -0.2) is 25.0 Å². The van der Waals surface area contributed by atoms with Crippen molar-refractivity contribution in [2.24, 2.45) is 0 Å². The minimum absolute atomic E-state index is 0.0200. The van der Waals surface area contributed by atoms with Gasteiger partial charge < -0.3 is 15.0 Å². The number of hydrogen-bond acceptors (Lipinski definition) is 3. The van der Waals surface area contributed by atoms with Crippen molar-refractivity contribution in [1.82, 2.24) is 0 Å². The highest BCUT2D eigenvalue weighted by Gasteiger charge is 2.17. The number of rotatable bonds is 5. The number of carbonyl (C=O) groups excluding carboxylic acids is 2. The fourth-order valence-electron chi connectivity index (χ4n) is 2.78. The van der Waals surface area contributed by atoms with Gasteiger partial charge in [0.05, 0.1) is 0 Å². The number of benzene rings is 2. The molecule has 24 heavy (non-hydrogen) atoms. The number of nitrogens with zero attached hydrogens (tertiary/aromatic N) is 1. The van der Waals surface area contributed by atoms with Crippen molar-refractivity contribution in [1.29, 1.82) is 0 Å². The molecule has 0 fully saturated rings. The van der Waals surface area contributed by atoms with E-state index >= 15 is 0 Å². The Morgan fingerprint density at radius 3 is 2.71 bits per heavy atom. The lowest BCUT2D eigenvalue weighted by atomic mass is 10.0. The normalized spacial score (nSPS) is 13.0. The van der Waals surface area contributed by atoms with Crippen LogP contribution in [-0.2, 0) is 16.0 Å². The van der Waals surface area contributed by atoms with Gasteiger partial charge in [0.2, 0.25) is 5.91 Å². The van der Waals surface area contributed by atoms with Crippen molar-refractivity contribution in [2.75, 3.05) is 23.4 Å².